The van der Waals surface area contributed by atoms with Gasteiger partial charge in [0.2, 0.25) is 29.5 Å². The monoisotopic (exact) mass is 1840 g/mol. The van der Waals surface area contributed by atoms with Crippen LogP contribution in [0.25, 0.3) is 22.9 Å². The molecule has 10 aromatic carbocycles. The Balaban J connectivity index is 0.000000185. The number of nitrogens with one attached hydrogen (secondary N) is 6. The Morgan fingerprint density at radius 2 is 0.764 bits per heavy atom. The standard InChI is InChI=1S/C35H44N6O3.C34H37BrN4O2.C33H39BrN6O2/c1-2-44-30-18-15-26(16-19-30)17-20-33(42)39-24-29-21-23-41(34(43)32(40-29)14-9-22-38-35(36)37)25-31(27-10-5-3-6-11-27)28-12-7-4-8-13-28;35-29-16-15-26-20-28(14-13-27(26)21-29)33(40)37-22-30-17-19-39(34(41)32(38-30)12-7-18-36)23-31(24-8-3-1-4-9-24)25-10-5-2-6-11-25;34-27-16-13-24(14-17-27)15-18-31(41)38-22-28-19-21-40(32(42)30(39-28)12-7-20-37-33(35)36)23-29(25-8-3-1-4-9-25)26-10-5-2-6-11-26/h3-8,10-13,15-20,29,31-32,40H,2,9,14,21-25H2,1H3,(H,39,42)(H4,36,37,38);1-6,8-11,13-16,20-21,30-32,38H,7,12,17-19,22-23,36H2,(H,37,40);1-6,8-11,13-18,28-30,39H,7,12,19-23H2,(H,38,41)(H4,35,36,37)/b20-17+;;18-15+/t29-,32-;30-,32-;28-,30-/m000/s1. The summed E-state index contributed by atoms with van der Waals surface area (Å²) in [4.78, 5) is 94.2. The van der Waals surface area contributed by atoms with Crippen molar-refractivity contribution in [1.82, 2.24) is 46.6 Å². The van der Waals surface area contributed by atoms with E-state index >= 15 is 0 Å². The smallest absolute Gasteiger partial charge is 0.251 e. The maximum absolute atomic E-state index is 14.0. The molecule has 3 fully saturated rings. The van der Waals surface area contributed by atoms with Gasteiger partial charge in [0, 0.05) is 135 Å². The van der Waals surface area contributed by atoms with E-state index in [1.165, 1.54) is 34.4 Å². The molecular weight excluding hydrogens is 1720 g/mol. The van der Waals surface area contributed by atoms with Crippen molar-refractivity contribution in [3.8, 4) is 5.75 Å². The van der Waals surface area contributed by atoms with Gasteiger partial charge < -0.3 is 80.0 Å². The lowest BCUT2D eigenvalue weighted by Gasteiger charge is -2.29. The van der Waals surface area contributed by atoms with Crippen LogP contribution in [0.2, 0.25) is 0 Å². The molecule has 664 valence electrons. The molecule has 0 bridgehead atoms. The SMILES string of the molecule is CCOc1ccc(/C=C/C(=O)NC[C@@H]2CCN(CC(c3ccccc3)c3ccccc3)C(=O)[C@H](CCCN=C(N)N)N2)cc1.NC(N)=NCCC[C@@H]1N[C@H](CNC(=O)/C=C/c2ccc(Br)cc2)CCN(CC(c2ccccc2)c2ccccc2)C1=O.NCCC[C@@H]1N[C@H](CNC(=O)c2ccc3cc(Br)ccc3c2)CCN(CC(c2ccccc2)c2ccccc2)C1=O. The average Bonchev–Trinajstić information content (AvgIpc) is 1.82. The van der Waals surface area contributed by atoms with Crippen molar-refractivity contribution in [3.05, 3.63) is 338 Å². The van der Waals surface area contributed by atoms with Crippen LogP contribution in [0.3, 0.4) is 0 Å². The summed E-state index contributed by atoms with van der Waals surface area (Å²) in [6.07, 6.45) is 12.7. The number of amides is 6. The molecule has 6 atom stereocenters. The van der Waals surface area contributed by atoms with Gasteiger partial charge in [-0.25, -0.2) is 0 Å². The van der Waals surface area contributed by atoms with Gasteiger partial charge in [0.05, 0.1) is 24.7 Å². The number of carbonyl (C=O) groups excluding carboxylic acids is 6. The van der Waals surface area contributed by atoms with E-state index in [-0.39, 0.29) is 89.3 Å². The number of hydrogen-bond acceptors (Lipinski definition) is 13. The van der Waals surface area contributed by atoms with Crippen LogP contribution < -0.4 is 65.3 Å². The first-order valence-electron chi connectivity index (χ1n) is 44.0. The summed E-state index contributed by atoms with van der Waals surface area (Å²) in [6.45, 7) is 8.73. The van der Waals surface area contributed by atoms with E-state index < -0.39 is 12.1 Å². The number of aliphatic imine (C=N–C) groups is 2. The van der Waals surface area contributed by atoms with Crippen molar-refractivity contribution in [3.63, 3.8) is 0 Å². The number of nitrogens with zero attached hydrogens (tertiary/aromatic N) is 5. The fourth-order valence-electron chi connectivity index (χ4n) is 16.2. The maximum Gasteiger partial charge on any atom is 0.251 e. The molecule has 25 heteroatoms. The van der Waals surface area contributed by atoms with Crippen molar-refractivity contribution in [2.75, 3.05) is 85.1 Å². The zero-order valence-corrected chi connectivity index (χ0v) is 75.4. The largest absolute Gasteiger partial charge is 0.494 e. The van der Waals surface area contributed by atoms with Crippen LogP contribution in [-0.4, -0.2) is 183 Å². The molecule has 127 heavy (non-hydrogen) atoms. The minimum absolute atomic E-state index is 0.0287. The lowest BCUT2D eigenvalue weighted by atomic mass is 9.90. The molecule has 3 aliphatic heterocycles. The van der Waals surface area contributed by atoms with Gasteiger partial charge in [-0.1, -0.05) is 250 Å². The van der Waals surface area contributed by atoms with Crippen LogP contribution in [0.15, 0.2) is 298 Å². The first-order valence-corrected chi connectivity index (χ1v) is 45.5. The number of benzene rings is 10. The third-order valence-electron chi connectivity index (χ3n) is 22.9. The first-order chi connectivity index (χ1) is 61.8. The fourth-order valence-corrected chi connectivity index (χ4v) is 16.8. The molecule has 0 unspecified atom stereocenters. The van der Waals surface area contributed by atoms with Crippen LogP contribution in [-0.2, 0) is 24.0 Å². The van der Waals surface area contributed by atoms with Crippen molar-refractivity contribution in [2.45, 2.75) is 119 Å². The summed E-state index contributed by atoms with van der Waals surface area (Å²) in [5, 5.41) is 21.8. The Bertz CT molecular complexity index is 5090. The van der Waals surface area contributed by atoms with Gasteiger partial charge in [-0.3, -0.25) is 38.8 Å². The number of ether oxygens (including phenoxy) is 1. The van der Waals surface area contributed by atoms with E-state index in [9.17, 15) is 28.8 Å². The Kier molecular flexibility index (Phi) is 38.3. The second-order valence-electron chi connectivity index (χ2n) is 32.0. The van der Waals surface area contributed by atoms with E-state index in [2.05, 4.69) is 147 Å². The van der Waals surface area contributed by atoms with Gasteiger partial charge in [0.15, 0.2) is 11.9 Å². The Hall–Kier alpha value is -12.1. The quantitative estimate of drug-likeness (QED) is 0.00752. The second-order valence-corrected chi connectivity index (χ2v) is 33.9. The molecule has 3 heterocycles. The molecule has 6 amide bonds. The van der Waals surface area contributed by atoms with Gasteiger partial charge in [-0.15, -0.1) is 0 Å². The highest BCUT2D eigenvalue weighted by Gasteiger charge is 2.37. The molecule has 3 saturated heterocycles. The highest BCUT2D eigenvalue weighted by atomic mass is 79.9. The number of rotatable bonds is 36. The van der Waals surface area contributed by atoms with Gasteiger partial charge in [-0.2, -0.15) is 0 Å². The van der Waals surface area contributed by atoms with Crippen molar-refractivity contribution >= 4 is 102 Å². The Morgan fingerprint density at radius 1 is 0.433 bits per heavy atom. The molecule has 16 N–H and O–H groups in total. The third-order valence-corrected chi connectivity index (χ3v) is 23.9. The second kappa shape index (κ2) is 50.9. The average molecular weight is 1840 g/mol. The van der Waals surface area contributed by atoms with Crippen LogP contribution >= 0.6 is 31.9 Å². The highest BCUT2D eigenvalue weighted by Crippen LogP contribution is 2.32. The van der Waals surface area contributed by atoms with Gasteiger partial charge in [0.25, 0.3) is 5.91 Å². The summed E-state index contributed by atoms with van der Waals surface area (Å²) in [6, 6.07) is 87.7. The maximum atomic E-state index is 14.0. The third kappa shape index (κ3) is 30.9. The zero-order valence-electron chi connectivity index (χ0n) is 72.2. The van der Waals surface area contributed by atoms with Crippen LogP contribution in [0.5, 0.6) is 5.75 Å². The number of fused-ring (bicyclic) bond motifs is 1. The fraction of sp³-hybridized carbons (Fsp3) is 0.314. The number of nitrogens with two attached hydrogens (primary N) is 5. The van der Waals surface area contributed by atoms with Crippen molar-refractivity contribution in [2.24, 2.45) is 38.7 Å². The van der Waals surface area contributed by atoms with Crippen LogP contribution in [0.4, 0.5) is 0 Å². The molecular formula is C102H120Br2N16O7. The predicted molar refractivity (Wildman–Crippen MR) is 518 cm³/mol. The first kappa shape index (κ1) is 95.6. The molecule has 0 radical (unpaired) electrons. The lowest BCUT2D eigenvalue weighted by Crippen LogP contribution is -2.49. The lowest BCUT2D eigenvalue weighted by molar-refractivity contribution is -0.133. The summed E-state index contributed by atoms with van der Waals surface area (Å²) in [5.74, 6) is 0.755. The molecule has 0 spiro atoms. The summed E-state index contributed by atoms with van der Waals surface area (Å²) >= 11 is 6.92. The number of halogens is 2. The predicted octanol–water partition coefficient (Wildman–Crippen LogP) is 13.1. The van der Waals surface area contributed by atoms with E-state index in [0.29, 0.717) is 136 Å². The zero-order chi connectivity index (χ0) is 89.5. The van der Waals surface area contributed by atoms with Gasteiger partial charge in [-0.05, 0) is 187 Å². The minimum Gasteiger partial charge on any atom is -0.494 e. The number of hydrogen-bond donors (Lipinski definition) is 11. The molecule has 0 aliphatic carbocycles. The normalized spacial score (nSPS) is 17.3. The van der Waals surface area contributed by atoms with Crippen LogP contribution in [0, 0.1) is 0 Å². The van der Waals surface area contributed by atoms with Gasteiger partial charge in [0.1, 0.15) is 5.75 Å². The summed E-state index contributed by atoms with van der Waals surface area (Å²) in [7, 11) is 0. The molecule has 10 aromatic rings. The van der Waals surface area contributed by atoms with Crippen LogP contribution in [0.1, 0.15) is 137 Å². The van der Waals surface area contributed by atoms with E-state index in [1.807, 2.05) is 216 Å². The molecule has 3 aliphatic rings. The summed E-state index contributed by atoms with van der Waals surface area (Å²) < 4.78 is 7.47. The molecule has 0 aromatic heterocycles. The highest BCUT2D eigenvalue weighted by molar-refractivity contribution is 9.10. The number of carbonyl (C=O) groups is 6. The van der Waals surface area contributed by atoms with Crippen molar-refractivity contribution in [1.29, 1.82) is 0 Å². The minimum atomic E-state index is -0.416. The molecule has 0 saturated carbocycles. The van der Waals surface area contributed by atoms with E-state index in [1.54, 1.807) is 12.2 Å². The van der Waals surface area contributed by atoms with Gasteiger partial charge >= 0.3 is 0 Å². The number of guanidine groups is 2. The summed E-state index contributed by atoms with van der Waals surface area (Å²) in [5.41, 5.74) is 37.3. The topological polar surface area (TPSA) is 348 Å². The molecule has 23 nitrogen and oxygen atoms in total. The Morgan fingerprint density at radius 3 is 1.12 bits per heavy atom. The van der Waals surface area contributed by atoms with E-state index in [0.717, 1.165) is 60.6 Å². The van der Waals surface area contributed by atoms with Crippen molar-refractivity contribution < 1.29 is 33.5 Å². The Labute approximate surface area is 763 Å². The van der Waals surface area contributed by atoms with E-state index in [4.69, 9.17) is 33.4 Å². The molecule has 13 rings (SSSR count).